The van der Waals surface area contributed by atoms with Crippen molar-refractivity contribution < 1.29 is 23.9 Å². The molecule has 16 nitrogen and oxygen atoms in total. The minimum atomic E-state index is -1.00. The Balaban J connectivity index is 0.678. The molecule has 0 bridgehead atoms. The first kappa shape index (κ1) is 41.4. The molecule has 8 heterocycles. The number of halogens is 1. The van der Waals surface area contributed by atoms with Gasteiger partial charge in [-0.25, -0.2) is 23.7 Å². The molecule has 0 spiro atoms. The fraction of sp³-hybridized carbons (Fsp3) is 0.438. The second-order valence-electron chi connectivity index (χ2n) is 18.6. The van der Waals surface area contributed by atoms with Crippen LogP contribution in [0, 0.1) is 5.82 Å². The van der Waals surface area contributed by atoms with Gasteiger partial charge in [0, 0.05) is 87.7 Å². The van der Waals surface area contributed by atoms with Crippen molar-refractivity contribution in [3.63, 3.8) is 0 Å². The molecule has 2 aromatic carbocycles. The second kappa shape index (κ2) is 16.0. The Bertz CT molecular complexity index is 2820. The molecule has 0 saturated carbocycles. The summed E-state index contributed by atoms with van der Waals surface area (Å²) >= 11 is 0. The Labute approximate surface area is 374 Å². The molecule has 5 aliphatic heterocycles. The highest BCUT2D eigenvalue weighted by atomic mass is 19.1. The molecule has 3 aromatic heterocycles. The molecule has 336 valence electrons. The van der Waals surface area contributed by atoms with E-state index in [0.717, 1.165) is 69.8 Å². The lowest BCUT2D eigenvalue weighted by molar-refractivity contribution is -0.136. The van der Waals surface area contributed by atoms with Crippen molar-refractivity contribution >= 4 is 46.1 Å². The standard InChI is InChI=1S/C48H52FN11O5/c1-3-17-59-46(64)36-22-50-47(54-43(36)60(59)40-11-7-29-13-16-48(65,4-2)42(29)52-40)51-32-8-5-28(6-9-32)31-23-56(24-31)33-14-18-55(19-15-33)34-26-57(27-34)39-20-30-25-58(45(63)35(30)21-37(39)49)38-10-12-41(61)53-44(38)62/h3,5-9,11,20-22,31,33-34,38,65H,1,4,10,12-19,23-27H2,2H3,(H,50,51,54)(H,53,61,62)/t38?,48-/m1/s1. The maximum atomic E-state index is 15.4. The summed E-state index contributed by atoms with van der Waals surface area (Å²) in [5.41, 5.74) is 4.46. The minimum Gasteiger partial charge on any atom is -0.384 e. The molecule has 6 aliphatic rings. The van der Waals surface area contributed by atoms with E-state index in [4.69, 9.17) is 9.97 Å². The van der Waals surface area contributed by atoms with Crippen LogP contribution in [0.1, 0.15) is 84.1 Å². The maximum Gasteiger partial charge on any atom is 0.278 e. The van der Waals surface area contributed by atoms with Gasteiger partial charge < -0.3 is 20.2 Å². The molecule has 1 aliphatic carbocycles. The molecule has 1 unspecified atom stereocenters. The van der Waals surface area contributed by atoms with Crippen LogP contribution in [0.4, 0.5) is 21.7 Å². The van der Waals surface area contributed by atoms with Crippen molar-refractivity contribution in [3.8, 4) is 5.82 Å². The van der Waals surface area contributed by atoms with E-state index in [1.54, 1.807) is 27.7 Å². The Kier molecular flexibility index (Phi) is 10.2. The summed E-state index contributed by atoms with van der Waals surface area (Å²) in [5, 5.41) is 17.3. The third-order valence-corrected chi connectivity index (χ3v) is 14.9. The van der Waals surface area contributed by atoms with Crippen LogP contribution in [0.2, 0.25) is 0 Å². The number of nitrogens with one attached hydrogen (secondary N) is 2. The highest BCUT2D eigenvalue weighted by Crippen LogP contribution is 2.40. The number of anilines is 3. The number of aliphatic hydroxyl groups is 1. The molecule has 4 fully saturated rings. The van der Waals surface area contributed by atoms with Crippen molar-refractivity contribution in [2.24, 2.45) is 0 Å². The average Bonchev–Trinajstić information content (AvgIpc) is 3.88. The average molecular weight is 882 g/mol. The summed E-state index contributed by atoms with van der Waals surface area (Å²) in [6, 6.07) is 15.5. The van der Waals surface area contributed by atoms with E-state index in [-0.39, 0.29) is 43.3 Å². The number of aryl methyl sites for hydroxylation is 1. The first-order valence-corrected chi connectivity index (χ1v) is 22.9. The number of amides is 3. The summed E-state index contributed by atoms with van der Waals surface area (Å²) in [5.74, 6) is -0.298. The Morgan fingerprint density at radius 1 is 0.938 bits per heavy atom. The molecule has 0 radical (unpaired) electrons. The normalized spacial score (nSPS) is 23.1. The highest BCUT2D eigenvalue weighted by Gasteiger charge is 2.43. The SMILES string of the molecule is C=CCn1c(=O)c2cnc(Nc3ccc(C4CN(C5CCN(C6CN(c7cc8c(cc7F)C(=O)N(C7CCC(=O)NC7=O)C8)C6)CC5)C4)cc3)nc2n1-c1ccc2c(n1)[C@@](O)(CC)CC2. The van der Waals surface area contributed by atoms with Gasteiger partial charge in [-0.3, -0.25) is 34.3 Å². The van der Waals surface area contributed by atoms with Gasteiger partial charge >= 0.3 is 0 Å². The number of benzene rings is 2. The van der Waals surface area contributed by atoms with Gasteiger partial charge in [-0.15, -0.1) is 6.58 Å². The van der Waals surface area contributed by atoms with Crippen molar-refractivity contribution in [2.45, 2.75) is 94.6 Å². The minimum absolute atomic E-state index is 0.177. The van der Waals surface area contributed by atoms with E-state index in [1.165, 1.54) is 16.5 Å². The fourth-order valence-electron chi connectivity index (χ4n) is 10.9. The van der Waals surface area contributed by atoms with E-state index < -0.39 is 23.4 Å². The molecule has 5 aromatic rings. The third-order valence-electron chi connectivity index (χ3n) is 14.9. The topological polar surface area (TPSA) is 174 Å². The van der Waals surface area contributed by atoms with Crippen LogP contribution in [0.3, 0.4) is 0 Å². The lowest BCUT2D eigenvalue weighted by Crippen LogP contribution is -2.63. The highest BCUT2D eigenvalue weighted by molar-refractivity contribution is 6.05. The molecule has 17 heteroatoms. The molecule has 4 saturated heterocycles. The van der Waals surface area contributed by atoms with E-state index in [9.17, 15) is 24.3 Å². The van der Waals surface area contributed by atoms with E-state index in [2.05, 4.69) is 44.1 Å². The molecule has 3 amide bonds. The Morgan fingerprint density at radius 2 is 1.72 bits per heavy atom. The molecule has 3 N–H and O–H groups in total. The summed E-state index contributed by atoms with van der Waals surface area (Å²) in [7, 11) is 0. The van der Waals surface area contributed by atoms with Gasteiger partial charge in [0.15, 0.2) is 11.5 Å². The fourth-order valence-corrected chi connectivity index (χ4v) is 10.9. The number of nitrogens with zero attached hydrogens (tertiary/aromatic N) is 9. The van der Waals surface area contributed by atoms with Crippen LogP contribution >= 0.6 is 0 Å². The van der Waals surface area contributed by atoms with Crippen LogP contribution in [0.5, 0.6) is 0 Å². The van der Waals surface area contributed by atoms with E-state index >= 15 is 4.39 Å². The van der Waals surface area contributed by atoms with Crippen molar-refractivity contribution in [1.82, 2.24) is 44.3 Å². The third kappa shape index (κ3) is 7.11. The predicted octanol–water partition coefficient (Wildman–Crippen LogP) is 4.10. The number of fused-ring (bicyclic) bond motifs is 3. The summed E-state index contributed by atoms with van der Waals surface area (Å²) in [6.07, 6.45) is 7.76. The largest absolute Gasteiger partial charge is 0.384 e. The maximum absolute atomic E-state index is 15.4. The summed E-state index contributed by atoms with van der Waals surface area (Å²) in [6.45, 7) is 11.8. The number of aromatic nitrogens is 5. The number of hydrogen-bond donors (Lipinski definition) is 3. The first-order valence-electron chi connectivity index (χ1n) is 22.9. The van der Waals surface area contributed by atoms with Crippen LogP contribution < -0.4 is 21.1 Å². The number of carbonyl (C=O) groups excluding carboxylic acids is 3. The zero-order chi connectivity index (χ0) is 44.7. The number of imide groups is 1. The van der Waals surface area contributed by atoms with Crippen molar-refractivity contribution in [2.75, 3.05) is 49.5 Å². The number of pyridine rings is 1. The number of carbonyl (C=O) groups is 3. The van der Waals surface area contributed by atoms with Gasteiger partial charge in [0.1, 0.15) is 22.8 Å². The van der Waals surface area contributed by atoms with Gasteiger partial charge in [0.2, 0.25) is 17.8 Å². The molecular formula is C48H52FN11O5. The van der Waals surface area contributed by atoms with Gasteiger partial charge in [0.25, 0.3) is 11.5 Å². The van der Waals surface area contributed by atoms with Gasteiger partial charge in [0.05, 0.1) is 17.9 Å². The molecular weight excluding hydrogens is 830 g/mol. The van der Waals surface area contributed by atoms with Gasteiger partial charge in [-0.1, -0.05) is 31.2 Å². The van der Waals surface area contributed by atoms with Crippen molar-refractivity contribution in [3.05, 3.63) is 112 Å². The monoisotopic (exact) mass is 881 g/mol. The van der Waals surface area contributed by atoms with E-state index in [1.807, 2.05) is 36.1 Å². The quantitative estimate of drug-likeness (QED) is 0.128. The molecule has 11 rings (SSSR count). The van der Waals surface area contributed by atoms with Crippen LogP contribution in [-0.4, -0.2) is 119 Å². The van der Waals surface area contributed by atoms with Crippen LogP contribution in [0.15, 0.2) is 72.2 Å². The summed E-state index contributed by atoms with van der Waals surface area (Å²) < 4.78 is 18.7. The Morgan fingerprint density at radius 3 is 2.46 bits per heavy atom. The number of piperidine rings is 2. The molecule has 2 atom stereocenters. The lowest BCUT2D eigenvalue weighted by atomic mass is 9.87. The predicted molar refractivity (Wildman–Crippen MR) is 241 cm³/mol. The number of likely N-dealkylation sites (tertiary alicyclic amines) is 2. The van der Waals surface area contributed by atoms with Gasteiger partial charge in [-0.05, 0) is 85.5 Å². The lowest BCUT2D eigenvalue weighted by Gasteiger charge is -2.51. The summed E-state index contributed by atoms with van der Waals surface area (Å²) in [4.78, 5) is 73.6. The number of hydrogen-bond acceptors (Lipinski definition) is 12. The van der Waals surface area contributed by atoms with Crippen LogP contribution in [0.25, 0.3) is 16.9 Å². The van der Waals surface area contributed by atoms with Crippen LogP contribution in [-0.2, 0) is 34.7 Å². The zero-order valence-electron chi connectivity index (χ0n) is 36.4. The second-order valence-corrected chi connectivity index (χ2v) is 18.6. The Hall–Kier alpha value is -6.30. The molecule has 65 heavy (non-hydrogen) atoms. The van der Waals surface area contributed by atoms with E-state index in [0.29, 0.717) is 76.2 Å². The smallest absolute Gasteiger partial charge is 0.278 e. The number of rotatable bonds is 11. The number of allylic oxidation sites excluding steroid dienone is 1. The zero-order valence-corrected chi connectivity index (χ0v) is 36.4. The first-order chi connectivity index (χ1) is 31.5. The van der Waals surface area contributed by atoms with Gasteiger partial charge in [-0.2, -0.15) is 4.98 Å². The van der Waals surface area contributed by atoms with Crippen molar-refractivity contribution in [1.29, 1.82) is 0 Å².